The first-order chi connectivity index (χ1) is 16.3. The highest BCUT2D eigenvalue weighted by Gasteiger charge is 2.51. The molecule has 0 unspecified atom stereocenters. The van der Waals surface area contributed by atoms with Crippen molar-refractivity contribution in [3.63, 3.8) is 0 Å². The minimum atomic E-state index is -0.793. The number of anilines is 2. The van der Waals surface area contributed by atoms with Crippen molar-refractivity contribution >= 4 is 23.1 Å². The zero-order valence-electron chi connectivity index (χ0n) is 18.8. The molecular weight excluding hydrogens is 435 g/mol. The molecule has 1 aliphatic rings. The fourth-order valence-corrected chi connectivity index (χ4v) is 3.76. The quantitative estimate of drug-likeness (QED) is 0.486. The molecule has 0 aliphatic heterocycles. The van der Waals surface area contributed by atoms with Crippen LogP contribution < -0.4 is 10.6 Å². The number of Topliss-reactive ketones (excluding diaryl/α,β-unsaturated/α-hetero) is 1. The number of amides is 1. The maximum atomic E-state index is 14.9. The third-order valence-corrected chi connectivity index (χ3v) is 5.92. The molecule has 0 radical (unpaired) electrons. The molecule has 0 bridgehead atoms. The molecule has 0 saturated heterocycles. The summed E-state index contributed by atoms with van der Waals surface area (Å²) in [5.41, 5.74) is 1.97. The van der Waals surface area contributed by atoms with Gasteiger partial charge in [-0.1, -0.05) is 6.07 Å². The highest BCUT2D eigenvalue weighted by atomic mass is 19.1. The summed E-state index contributed by atoms with van der Waals surface area (Å²) in [5, 5.41) is 15.1. The highest BCUT2D eigenvalue weighted by Crippen LogP contribution is 2.50. The third-order valence-electron chi connectivity index (χ3n) is 5.92. The van der Waals surface area contributed by atoms with Crippen molar-refractivity contribution in [2.45, 2.75) is 39.2 Å². The number of nitrogens with zero attached hydrogens (tertiary/aromatic N) is 4. The minimum absolute atomic E-state index is 0.0511. The van der Waals surface area contributed by atoms with Gasteiger partial charge in [0.2, 0.25) is 5.91 Å². The van der Waals surface area contributed by atoms with Crippen LogP contribution in [-0.4, -0.2) is 26.6 Å². The van der Waals surface area contributed by atoms with E-state index in [0.29, 0.717) is 35.3 Å². The Balaban J connectivity index is 1.42. The number of pyridine rings is 1. The lowest BCUT2D eigenvalue weighted by Crippen LogP contribution is -2.36. The SMILES string of the molecule is Cc1ccc(Nc2cnc([C@@H](C)NC(=O)C3(CC(=O)c4cncnc4)CC3)c(F)c2)c(C#N)c1. The Bertz CT molecular complexity index is 1280. The highest BCUT2D eigenvalue weighted by molar-refractivity contribution is 6.00. The summed E-state index contributed by atoms with van der Waals surface area (Å²) in [6.07, 6.45) is 6.87. The number of nitriles is 1. The van der Waals surface area contributed by atoms with Gasteiger partial charge in [-0.3, -0.25) is 14.6 Å². The molecule has 34 heavy (non-hydrogen) atoms. The summed E-state index contributed by atoms with van der Waals surface area (Å²) in [5.74, 6) is -1.09. The number of aromatic nitrogens is 3. The second-order valence-electron chi connectivity index (χ2n) is 8.58. The Morgan fingerprint density at radius 1 is 1.21 bits per heavy atom. The van der Waals surface area contributed by atoms with Gasteiger partial charge in [-0.15, -0.1) is 0 Å². The number of ketones is 1. The fraction of sp³-hybridized carbons (Fsp3) is 0.280. The van der Waals surface area contributed by atoms with E-state index in [4.69, 9.17) is 0 Å². The molecule has 2 heterocycles. The van der Waals surface area contributed by atoms with Gasteiger partial charge in [0.25, 0.3) is 0 Å². The largest absolute Gasteiger partial charge is 0.353 e. The number of benzene rings is 1. The predicted octanol–water partition coefficient (Wildman–Crippen LogP) is 4.16. The zero-order chi connectivity index (χ0) is 24.3. The van der Waals surface area contributed by atoms with Gasteiger partial charge in [0.1, 0.15) is 18.2 Å². The molecule has 1 atom stereocenters. The average molecular weight is 458 g/mol. The molecule has 0 spiro atoms. The van der Waals surface area contributed by atoms with E-state index in [0.717, 1.165) is 5.56 Å². The molecule has 1 aromatic carbocycles. The number of rotatable bonds is 8. The van der Waals surface area contributed by atoms with Crippen LogP contribution >= 0.6 is 0 Å². The van der Waals surface area contributed by atoms with Gasteiger partial charge < -0.3 is 10.6 Å². The summed E-state index contributed by atoms with van der Waals surface area (Å²) in [4.78, 5) is 37.3. The van der Waals surface area contributed by atoms with Crippen molar-refractivity contribution in [2.75, 3.05) is 5.32 Å². The molecule has 2 aromatic heterocycles. The van der Waals surface area contributed by atoms with E-state index in [1.807, 2.05) is 13.0 Å². The Hall–Kier alpha value is -4.19. The Morgan fingerprint density at radius 2 is 1.94 bits per heavy atom. The molecule has 3 aromatic rings. The molecule has 172 valence electrons. The first-order valence-corrected chi connectivity index (χ1v) is 10.8. The van der Waals surface area contributed by atoms with Gasteiger partial charge in [0.15, 0.2) is 5.78 Å². The van der Waals surface area contributed by atoms with E-state index >= 15 is 0 Å². The molecule has 4 rings (SSSR count). The second-order valence-corrected chi connectivity index (χ2v) is 8.58. The number of nitrogens with one attached hydrogen (secondary N) is 2. The summed E-state index contributed by atoms with van der Waals surface area (Å²) in [6, 6.07) is 8.03. The van der Waals surface area contributed by atoms with Gasteiger partial charge >= 0.3 is 0 Å². The van der Waals surface area contributed by atoms with Gasteiger partial charge in [0.05, 0.1) is 45.8 Å². The molecular formula is C25H23FN6O2. The van der Waals surface area contributed by atoms with Crippen LogP contribution in [0.15, 0.2) is 49.2 Å². The number of hydrogen-bond donors (Lipinski definition) is 2. The van der Waals surface area contributed by atoms with Crippen LogP contribution in [0.4, 0.5) is 15.8 Å². The van der Waals surface area contributed by atoms with E-state index < -0.39 is 17.3 Å². The summed E-state index contributed by atoms with van der Waals surface area (Å²) >= 11 is 0. The second kappa shape index (κ2) is 9.35. The predicted molar refractivity (Wildman–Crippen MR) is 123 cm³/mol. The Labute approximate surface area is 196 Å². The monoisotopic (exact) mass is 458 g/mol. The maximum absolute atomic E-state index is 14.9. The van der Waals surface area contributed by atoms with E-state index in [-0.39, 0.29) is 23.8 Å². The summed E-state index contributed by atoms with van der Waals surface area (Å²) in [7, 11) is 0. The van der Waals surface area contributed by atoms with Crippen LogP contribution in [0, 0.1) is 29.5 Å². The first-order valence-electron chi connectivity index (χ1n) is 10.8. The lowest BCUT2D eigenvalue weighted by molar-refractivity contribution is -0.127. The number of aryl methyl sites for hydroxylation is 1. The van der Waals surface area contributed by atoms with Crippen molar-refractivity contribution in [2.24, 2.45) is 5.41 Å². The standard InChI is InChI=1S/C25H23FN6O2/c1-15-3-4-21(17(7-15)10-27)32-19-8-20(26)23(30-13-19)16(2)31-24(34)25(5-6-25)9-22(33)18-11-28-14-29-12-18/h3-4,7-8,11-14,16,32H,5-6,9H2,1-2H3,(H,31,34)/t16-/m1/s1. The fourth-order valence-electron chi connectivity index (χ4n) is 3.76. The van der Waals surface area contributed by atoms with Crippen molar-refractivity contribution in [1.29, 1.82) is 5.26 Å². The number of carbonyl (C=O) groups is 2. The molecule has 1 aliphatic carbocycles. The van der Waals surface area contributed by atoms with Gasteiger partial charge in [-0.2, -0.15) is 5.26 Å². The first kappa shape index (κ1) is 23.0. The molecule has 1 fully saturated rings. The van der Waals surface area contributed by atoms with Crippen LogP contribution in [0.25, 0.3) is 0 Å². The van der Waals surface area contributed by atoms with Crippen LogP contribution in [0.1, 0.15) is 59.4 Å². The smallest absolute Gasteiger partial charge is 0.227 e. The molecule has 2 N–H and O–H groups in total. The van der Waals surface area contributed by atoms with Gasteiger partial charge in [0, 0.05) is 24.9 Å². The van der Waals surface area contributed by atoms with Crippen LogP contribution in [0.3, 0.4) is 0 Å². The number of halogens is 1. The molecule has 9 heteroatoms. The maximum Gasteiger partial charge on any atom is 0.227 e. The van der Waals surface area contributed by atoms with Crippen molar-refractivity contribution in [3.05, 3.63) is 77.4 Å². The topological polar surface area (TPSA) is 121 Å². The summed E-state index contributed by atoms with van der Waals surface area (Å²) in [6.45, 7) is 3.53. The van der Waals surface area contributed by atoms with Crippen LogP contribution in [0.2, 0.25) is 0 Å². The lowest BCUT2D eigenvalue weighted by Gasteiger charge is -2.20. The average Bonchev–Trinajstić information content (AvgIpc) is 3.61. The van der Waals surface area contributed by atoms with Crippen LogP contribution in [0.5, 0.6) is 0 Å². The van der Waals surface area contributed by atoms with E-state index in [2.05, 4.69) is 31.7 Å². The Morgan fingerprint density at radius 3 is 2.59 bits per heavy atom. The van der Waals surface area contributed by atoms with Gasteiger partial charge in [-0.05, 0) is 44.4 Å². The van der Waals surface area contributed by atoms with Crippen molar-refractivity contribution in [3.8, 4) is 6.07 Å². The molecule has 8 nitrogen and oxygen atoms in total. The third kappa shape index (κ3) is 4.91. The normalized spacial score (nSPS) is 14.5. The zero-order valence-corrected chi connectivity index (χ0v) is 18.8. The van der Waals surface area contributed by atoms with E-state index in [1.54, 1.807) is 19.1 Å². The summed E-state index contributed by atoms with van der Waals surface area (Å²) < 4.78 is 14.9. The minimum Gasteiger partial charge on any atom is -0.353 e. The Kier molecular flexibility index (Phi) is 6.32. The molecule has 1 saturated carbocycles. The lowest BCUT2D eigenvalue weighted by atomic mass is 9.95. The van der Waals surface area contributed by atoms with Crippen molar-refractivity contribution < 1.29 is 14.0 Å². The molecule has 1 amide bonds. The van der Waals surface area contributed by atoms with Crippen molar-refractivity contribution in [1.82, 2.24) is 20.3 Å². The van der Waals surface area contributed by atoms with Gasteiger partial charge in [-0.25, -0.2) is 14.4 Å². The number of hydrogen-bond acceptors (Lipinski definition) is 7. The van der Waals surface area contributed by atoms with E-state index in [1.165, 1.54) is 31.0 Å². The number of carbonyl (C=O) groups excluding carboxylic acids is 2. The van der Waals surface area contributed by atoms with Crippen LogP contribution in [-0.2, 0) is 4.79 Å². The van der Waals surface area contributed by atoms with E-state index in [9.17, 15) is 19.2 Å².